The maximum atomic E-state index is 12.2. The summed E-state index contributed by atoms with van der Waals surface area (Å²) in [5, 5.41) is 5.21. The lowest BCUT2D eigenvalue weighted by Crippen LogP contribution is -2.20. The molecule has 1 N–H and O–H groups in total. The van der Waals surface area contributed by atoms with Gasteiger partial charge in [0.05, 0.1) is 5.69 Å². The van der Waals surface area contributed by atoms with Crippen molar-refractivity contribution in [2.75, 3.05) is 25.1 Å². The van der Waals surface area contributed by atoms with E-state index in [1.807, 2.05) is 55.6 Å². The van der Waals surface area contributed by atoms with E-state index in [1.165, 1.54) is 11.3 Å². The van der Waals surface area contributed by atoms with Gasteiger partial charge >= 0.3 is 0 Å². The van der Waals surface area contributed by atoms with Gasteiger partial charge in [-0.05, 0) is 49.2 Å². The van der Waals surface area contributed by atoms with Gasteiger partial charge in [0.15, 0.2) is 23.2 Å². The highest BCUT2D eigenvalue weighted by Crippen LogP contribution is 2.35. The molecule has 1 aliphatic heterocycles. The van der Waals surface area contributed by atoms with Crippen LogP contribution in [0.5, 0.6) is 17.2 Å². The molecule has 144 valence electrons. The number of aryl methyl sites for hydroxylation is 1. The summed E-state index contributed by atoms with van der Waals surface area (Å²) in [6.45, 7) is 5.02. The lowest BCUT2D eigenvalue weighted by Gasteiger charge is -2.18. The third kappa shape index (κ3) is 3.94. The minimum absolute atomic E-state index is 0.0662. The van der Waals surface area contributed by atoms with Crippen LogP contribution in [0.4, 0.5) is 5.13 Å². The number of carbonyl (C=O) groups excluding carboxylic acids is 1. The summed E-state index contributed by atoms with van der Waals surface area (Å²) in [7, 11) is 0. The number of rotatable bonds is 5. The predicted molar refractivity (Wildman–Crippen MR) is 109 cm³/mol. The van der Waals surface area contributed by atoms with Crippen molar-refractivity contribution < 1.29 is 19.0 Å². The lowest BCUT2D eigenvalue weighted by atomic mass is 10.1. The van der Waals surface area contributed by atoms with E-state index in [-0.39, 0.29) is 12.5 Å². The largest absolute Gasteiger partial charge is 0.486 e. The average Bonchev–Trinajstić information content (AvgIpc) is 3.17. The number of thiazole rings is 1. The van der Waals surface area contributed by atoms with Gasteiger partial charge in [0.1, 0.15) is 19.0 Å². The summed E-state index contributed by atoms with van der Waals surface area (Å²) >= 11 is 1.37. The molecule has 6 nitrogen and oxygen atoms in total. The lowest BCUT2D eigenvalue weighted by molar-refractivity contribution is -0.118. The number of aromatic nitrogens is 1. The van der Waals surface area contributed by atoms with Crippen LogP contribution in [-0.2, 0) is 4.79 Å². The van der Waals surface area contributed by atoms with Crippen molar-refractivity contribution in [3.05, 3.63) is 52.9 Å². The van der Waals surface area contributed by atoms with Gasteiger partial charge in [-0.15, -0.1) is 11.3 Å². The molecule has 0 atom stereocenters. The van der Waals surface area contributed by atoms with Crippen LogP contribution in [0.3, 0.4) is 0 Å². The Hall–Kier alpha value is -3.06. The second kappa shape index (κ2) is 7.90. The SMILES string of the molecule is Cc1cccc(OCC(=O)Nc2nc(-c3ccc4c(c3)OCCO4)cs2)c1C. The fraction of sp³-hybridized carbons (Fsp3) is 0.238. The first-order valence-electron chi connectivity index (χ1n) is 8.94. The van der Waals surface area contributed by atoms with Gasteiger partial charge in [0.25, 0.3) is 5.91 Å². The molecule has 0 spiro atoms. The Bertz CT molecular complexity index is 1020. The Balaban J connectivity index is 1.39. The Morgan fingerprint density at radius 3 is 2.86 bits per heavy atom. The minimum Gasteiger partial charge on any atom is -0.486 e. The molecule has 0 saturated carbocycles. The summed E-state index contributed by atoms with van der Waals surface area (Å²) in [5.74, 6) is 1.92. The number of fused-ring (bicyclic) bond motifs is 1. The zero-order valence-corrected chi connectivity index (χ0v) is 16.5. The molecule has 2 heterocycles. The number of carbonyl (C=O) groups is 1. The van der Waals surface area contributed by atoms with Crippen LogP contribution in [0.15, 0.2) is 41.8 Å². The standard InChI is InChI=1S/C21H20N2O4S/c1-13-4-3-5-17(14(13)2)27-11-20(24)23-21-22-16(12-28-21)15-6-7-18-19(10-15)26-9-8-25-18/h3-7,10,12H,8-9,11H2,1-2H3,(H,22,23,24). The van der Waals surface area contributed by atoms with Crippen LogP contribution in [-0.4, -0.2) is 30.7 Å². The van der Waals surface area contributed by atoms with Crippen molar-refractivity contribution in [2.24, 2.45) is 0 Å². The second-order valence-corrected chi connectivity index (χ2v) is 7.29. The predicted octanol–water partition coefficient (Wildman–Crippen LogP) is 4.22. The van der Waals surface area contributed by atoms with E-state index in [1.54, 1.807) is 0 Å². The monoisotopic (exact) mass is 396 g/mol. The Morgan fingerprint density at radius 1 is 1.18 bits per heavy atom. The molecule has 1 aliphatic rings. The number of hydrogen-bond donors (Lipinski definition) is 1. The zero-order chi connectivity index (χ0) is 19.5. The zero-order valence-electron chi connectivity index (χ0n) is 15.7. The molecule has 0 saturated heterocycles. The van der Waals surface area contributed by atoms with Gasteiger partial charge in [-0.2, -0.15) is 0 Å². The molecule has 7 heteroatoms. The van der Waals surface area contributed by atoms with Gasteiger partial charge in [-0.25, -0.2) is 4.98 Å². The van der Waals surface area contributed by atoms with E-state index >= 15 is 0 Å². The Kier molecular flexibility index (Phi) is 5.16. The van der Waals surface area contributed by atoms with Crippen molar-refractivity contribution in [2.45, 2.75) is 13.8 Å². The maximum absolute atomic E-state index is 12.2. The first-order valence-corrected chi connectivity index (χ1v) is 9.82. The summed E-state index contributed by atoms with van der Waals surface area (Å²) in [4.78, 5) is 16.7. The molecule has 28 heavy (non-hydrogen) atoms. The normalized spacial score (nSPS) is 12.5. The fourth-order valence-electron chi connectivity index (χ4n) is 2.85. The van der Waals surface area contributed by atoms with Crippen molar-refractivity contribution in [1.82, 2.24) is 4.98 Å². The second-order valence-electron chi connectivity index (χ2n) is 6.43. The number of anilines is 1. The highest BCUT2D eigenvalue weighted by atomic mass is 32.1. The third-order valence-electron chi connectivity index (χ3n) is 4.50. The summed E-state index contributed by atoms with van der Waals surface area (Å²) in [6, 6.07) is 11.5. The van der Waals surface area contributed by atoms with Gasteiger partial charge in [0.2, 0.25) is 0 Å². The van der Waals surface area contributed by atoms with Gasteiger partial charge in [0, 0.05) is 10.9 Å². The van der Waals surface area contributed by atoms with Gasteiger partial charge < -0.3 is 14.2 Å². The van der Waals surface area contributed by atoms with Gasteiger partial charge in [-0.1, -0.05) is 12.1 Å². The fourth-order valence-corrected chi connectivity index (χ4v) is 3.58. The highest BCUT2D eigenvalue weighted by molar-refractivity contribution is 7.14. The van der Waals surface area contributed by atoms with Crippen molar-refractivity contribution >= 4 is 22.4 Å². The molecular weight excluding hydrogens is 376 g/mol. The quantitative estimate of drug-likeness (QED) is 0.699. The molecule has 3 aromatic rings. The topological polar surface area (TPSA) is 69.7 Å². The number of benzene rings is 2. The average molecular weight is 396 g/mol. The van der Waals surface area contributed by atoms with Crippen LogP contribution in [0.2, 0.25) is 0 Å². The Labute approximate surface area is 167 Å². The summed E-state index contributed by atoms with van der Waals surface area (Å²) in [6.07, 6.45) is 0. The first-order chi connectivity index (χ1) is 13.6. The maximum Gasteiger partial charge on any atom is 0.264 e. The van der Waals surface area contributed by atoms with Crippen LogP contribution < -0.4 is 19.5 Å². The smallest absolute Gasteiger partial charge is 0.264 e. The summed E-state index contributed by atoms with van der Waals surface area (Å²) in [5.41, 5.74) is 3.84. The molecule has 1 amide bonds. The molecule has 0 unspecified atom stereocenters. The molecular formula is C21H20N2O4S. The number of ether oxygens (including phenoxy) is 3. The van der Waals surface area contributed by atoms with E-state index in [4.69, 9.17) is 14.2 Å². The van der Waals surface area contributed by atoms with Crippen molar-refractivity contribution in [1.29, 1.82) is 0 Å². The molecule has 2 aromatic carbocycles. The first kappa shape index (κ1) is 18.3. The number of hydrogen-bond acceptors (Lipinski definition) is 6. The molecule has 0 aliphatic carbocycles. The van der Waals surface area contributed by atoms with Crippen molar-refractivity contribution in [3.8, 4) is 28.5 Å². The van der Waals surface area contributed by atoms with E-state index in [9.17, 15) is 4.79 Å². The molecule has 4 rings (SSSR count). The van der Waals surface area contributed by atoms with E-state index in [0.717, 1.165) is 28.1 Å². The minimum atomic E-state index is -0.246. The number of nitrogens with one attached hydrogen (secondary N) is 1. The summed E-state index contributed by atoms with van der Waals surface area (Å²) < 4.78 is 16.8. The highest BCUT2D eigenvalue weighted by Gasteiger charge is 2.15. The van der Waals surface area contributed by atoms with Crippen LogP contribution in [0, 0.1) is 13.8 Å². The van der Waals surface area contributed by atoms with E-state index < -0.39 is 0 Å². The molecule has 0 radical (unpaired) electrons. The Morgan fingerprint density at radius 2 is 2.00 bits per heavy atom. The molecule has 0 fully saturated rings. The van der Waals surface area contributed by atoms with Gasteiger partial charge in [-0.3, -0.25) is 10.1 Å². The van der Waals surface area contributed by atoms with Crippen LogP contribution >= 0.6 is 11.3 Å². The number of amides is 1. The molecule has 0 bridgehead atoms. The molecule has 1 aromatic heterocycles. The van der Waals surface area contributed by atoms with Crippen molar-refractivity contribution in [3.63, 3.8) is 0 Å². The third-order valence-corrected chi connectivity index (χ3v) is 5.26. The van der Waals surface area contributed by atoms with Crippen LogP contribution in [0.25, 0.3) is 11.3 Å². The van der Waals surface area contributed by atoms with E-state index in [2.05, 4.69) is 10.3 Å². The van der Waals surface area contributed by atoms with Crippen LogP contribution in [0.1, 0.15) is 11.1 Å². The number of nitrogens with zero attached hydrogens (tertiary/aromatic N) is 1. The van der Waals surface area contributed by atoms with E-state index in [0.29, 0.717) is 29.8 Å².